The largest absolute Gasteiger partial charge is 0.445 e. The fourth-order valence-electron chi connectivity index (χ4n) is 3.50. The molecule has 32 heavy (non-hydrogen) atoms. The Bertz CT molecular complexity index is 980. The summed E-state index contributed by atoms with van der Waals surface area (Å²) in [5.41, 5.74) is -1.62. The molecule has 0 aliphatic carbocycles. The van der Waals surface area contributed by atoms with Crippen LogP contribution in [0.4, 0.5) is 23.7 Å². The molecule has 1 aliphatic heterocycles. The number of amides is 1. The third-order valence-corrected chi connectivity index (χ3v) is 5.47. The van der Waals surface area contributed by atoms with Crippen LogP contribution in [-0.4, -0.2) is 48.0 Å². The van der Waals surface area contributed by atoms with Crippen LogP contribution in [0.15, 0.2) is 54.6 Å². The van der Waals surface area contributed by atoms with E-state index in [1.165, 1.54) is 24.3 Å². The first-order chi connectivity index (χ1) is 15.1. The first kappa shape index (κ1) is 23.5. The molecule has 1 amide bonds. The highest BCUT2D eigenvalue weighted by Crippen LogP contribution is 2.39. The Balaban J connectivity index is 1.69. The van der Waals surface area contributed by atoms with E-state index in [0.29, 0.717) is 25.3 Å². The topological polar surface area (TPSA) is 53.0 Å². The van der Waals surface area contributed by atoms with Gasteiger partial charge < -0.3 is 19.6 Å². The molecule has 0 aromatic heterocycles. The smallest absolute Gasteiger partial charge is 0.421 e. The van der Waals surface area contributed by atoms with E-state index in [1.807, 2.05) is 35.2 Å². The minimum absolute atomic E-state index is 0.171. The number of aliphatic hydroxyl groups is 1. The van der Waals surface area contributed by atoms with Crippen LogP contribution in [0.3, 0.4) is 0 Å². The second kappa shape index (κ2) is 9.53. The van der Waals surface area contributed by atoms with Crippen LogP contribution in [0, 0.1) is 11.8 Å². The predicted molar refractivity (Wildman–Crippen MR) is 115 cm³/mol. The average Bonchev–Trinajstić information content (AvgIpc) is 2.78. The highest BCUT2D eigenvalue weighted by Gasteiger charge is 2.51. The lowest BCUT2D eigenvalue weighted by molar-refractivity contribution is -0.258. The lowest BCUT2D eigenvalue weighted by Gasteiger charge is -2.40. The Kier molecular flexibility index (Phi) is 6.99. The molecule has 0 spiro atoms. The van der Waals surface area contributed by atoms with E-state index in [-0.39, 0.29) is 18.2 Å². The van der Waals surface area contributed by atoms with Crippen molar-refractivity contribution >= 4 is 11.8 Å². The lowest BCUT2D eigenvalue weighted by atomic mass is 9.95. The molecule has 0 radical (unpaired) electrons. The number of carbonyl (C=O) groups is 1. The van der Waals surface area contributed by atoms with Gasteiger partial charge in [0.15, 0.2) is 5.60 Å². The van der Waals surface area contributed by atoms with Crippen LogP contribution < -0.4 is 4.90 Å². The molecule has 5 nitrogen and oxygen atoms in total. The monoisotopic (exact) mass is 446 g/mol. The van der Waals surface area contributed by atoms with Gasteiger partial charge in [-0.1, -0.05) is 48.4 Å². The van der Waals surface area contributed by atoms with Gasteiger partial charge in [0.05, 0.1) is 6.54 Å². The minimum atomic E-state index is -4.78. The summed E-state index contributed by atoms with van der Waals surface area (Å²) in [5, 5.41) is 9.87. The van der Waals surface area contributed by atoms with E-state index in [2.05, 4.69) is 11.8 Å². The molecule has 1 N–H and O–H groups in total. The van der Waals surface area contributed by atoms with Crippen LogP contribution >= 0.6 is 0 Å². The number of alkyl halides is 3. The van der Waals surface area contributed by atoms with E-state index in [4.69, 9.17) is 4.74 Å². The molecule has 0 bridgehead atoms. The van der Waals surface area contributed by atoms with Crippen molar-refractivity contribution in [2.24, 2.45) is 0 Å². The number of hydrogen-bond acceptors (Lipinski definition) is 4. The van der Waals surface area contributed by atoms with Crippen molar-refractivity contribution in [2.45, 2.75) is 38.3 Å². The summed E-state index contributed by atoms with van der Waals surface area (Å²) in [6, 6.07) is 14.6. The summed E-state index contributed by atoms with van der Waals surface area (Å²) in [7, 11) is 0. The van der Waals surface area contributed by atoms with Gasteiger partial charge in [-0.2, -0.15) is 13.2 Å². The highest BCUT2D eigenvalue weighted by molar-refractivity contribution is 5.68. The van der Waals surface area contributed by atoms with Crippen molar-refractivity contribution in [3.8, 4) is 11.8 Å². The van der Waals surface area contributed by atoms with E-state index in [0.717, 1.165) is 12.5 Å². The van der Waals surface area contributed by atoms with Gasteiger partial charge in [0.1, 0.15) is 12.6 Å². The minimum Gasteiger partial charge on any atom is -0.445 e. The first-order valence-corrected chi connectivity index (χ1v) is 10.2. The summed E-state index contributed by atoms with van der Waals surface area (Å²) in [6.07, 6.45) is -5.22. The normalized spacial score (nSPS) is 18.4. The second-order valence-electron chi connectivity index (χ2n) is 7.71. The number of hydrogen-bond donors (Lipinski definition) is 1. The van der Waals surface area contributed by atoms with Crippen LogP contribution in [-0.2, 0) is 16.9 Å². The fourth-order valence-corrected chi connectivity index (χ4v) is 3.50. The predicted octanol–water partition coefficient (Wildman–Crippen LogP) is 4.31. The molecule has 2 atom stereocenters. The van der Waals surface area contributed by atoms with Crippen LogP contribution in [0.5, 0.6) is 0 Å². The highest BCUT2D eigenvalue weighted by atomic mass is 19.4. The van der Waals surface area contributed by atoms with Crippen molar-refractivity contribution in [3.05, 3.63) is 65.7 Å². The number of rotatable bonds is 4. The van der Waals surface area contributed by atoms with Gasteiger partial charge >= 0.3 is 12.3 Å². The first-order valence-electron chi connectivity index (χ1n) is 10.2. The Labute approximate surface area is 185 Å². The van der Waals surface area contributed by atoms with Crippen molar-refractivity contribution in [1.29, 1.82) is 0 Å². The molecule has 1 unspecified atom stereocenters. The maximum Gasteiger partial charge on any atom is 0.421 e. The molecule has 1 heterocycles. The standard InChI is InChI=1S/C24H25F3N2O3/c1-3-7-21-16-28(22(30)32-17-18-8-5-4-6-9-18)14-15-29(21)20-12-10-19(11-13-20)23(2,31)24(25,26)27/h4-6,8-13,21,31H,14-17H2,1-2H3/t21?,23-/m0/s1. The van der Waals surface area contributed by atoms with Gasteiger partial charge in [-0.3, -0.25) is 0 Å². The summed E-state index contributed by atoms with van der Waals surface area (Å²) >= 11 is 0. The number of anilines is 1. The second-order valence-corrected chi connectivity index (χ2v) is 7.71. The van der Waals surface area contributed by atoms with Crippen LogP contribution in [0.1, 0.15) is 25.0 Å². The number of nitrogens with zero attached hydrogens (tertiary/aromatic N) is 2. The maximum atomic E-state index is 13.1. The molecule has 0 saturated carbocycles. The zero-order valence-corrected chi connectivity index (χ0v) is 17.9. The summed E-state index contributed by atoms with van der Waals surface area (Å²) in [5.74, 6) is 5.91. The molecular weight excluding hydrogens is 421 g/mol. The Morgan fingerprint density at radius 1 is 1.12 bits per heavy atom. The Morgan fingerprint density at radius 2 is 1.78 bits per heavy atom. The zero-order valence-electron chi connectivity index (χ0n) is 17.9. The van der Waals surface area contributed by atoms with E-state index < -0.39 is 17.9 Å². The van der Waals surface area contributed by atoms with Gasteiger partial charge in [-0.05, 0) is 37.1 Å². The Hall–Kier alpha value is -3.18. The van der Waals surface area contributed by atoms with Crippen molar-refractivity contribution in [3.63, 3.8) is 0 Å². The number of carbonyl (C=O) groups excluding carboxylic acids is 1. The average molecular weight is 446 g/mol. The number of halogens is 3. The van der Waals surface area contributed by atoms with Gasteiger partial charge in [0.25, 0.3) is 0 Å². The molecule has 1 fully saturated rings. The third-order valence-electron chi connectivity index (χ3n) is 5.47. The van der Waals surface area contributed by atoms with Crippen molar-refractivity contribution in [2.75, 3.05) is 24.5 Å². The summed E-state index contributed by atoms with van der Waals surface area (Å²) in [6.45, 7) is 3.72. The van der Waals surface area contributed by atoms with E-state index in [1.54, 1.807) is 11.8 Å². The SMILES string of the molecule is CC#CC1CN(C(=O)OCc2ccccc2)CCN1c1ccc([C@](C)(O)C(F)(F)F)cc1. The quantitative estimate of drug-likeness (QED) is 0.712. The molecule has 3 rings (SSSR count). The maximum absolute atomic E-state index is 13.1. The van der Waals surface area contributed by atoms with Crippen molar-refractivity contribution < 1.29 is 27.8 Å². The summed E-state index contributed by atoms with van der Waals surface area (Å²) in [4.78, 5) is 16.0. The lowest BCUT2D eigenvalue weighted by Crippen LogP contribution is -2.54. The van der Waals surface area contributed by atoms with Crippen molar-refractivity contribution in [1.82, 2.24) is 4.90 Å². The van der Waals surface area contributed by atoms with Crippen LogP contribution in [0.2, 0.25) is 0 Å². The number of benzene rings is 2. The number of ether oxygens (including phenoxy) is 1. The van der Waals surface area contributed by atoms with Gasteiger partial charge in [-0.25, -0.2) is 4.79 Å². The summed E-state index contributed by atoms with van der Waals surface area (Å²) < 4.78 is 44.7. The molecule has 2 aromatic rings. The molecule has 8 heteroatoms. The van der Waals surface area contributed by atoms with Gasteiger partial charge in [0.2, 0.25) is 0 Å². The van der Waals surface area contributed by atoms with Gasteiger partial charge in [0, 0.05) is 18.8 Å². The molecular formula is C24H25F3N2O3. The molecule has 2 aromatic carbocycles. The number of piperazine rings is 1. The van der Waals surface area contributed by atoms with E-state index in [9.17, 15) is 23.1 Å². The third kappa shape index (κ3) is 5.17. The fraction of sp³-hybridized carbons (Fsp3) is 0.375. The Morgan fingerprint density at radius 3 is 2.38 bits per heavy atom. The van der Waals surface area contributed by atoms with Crippen LogP contribution in [0.25, 0.3) is 0 Å². The zero-order chi connectivity index (χ0) is 23.4. The van der Waals surface area contributed by atoms with Gasteiger partial charge in [-0.15, -0.1) is 5.92 Å². The molecule has 1 aliphatic rings. The van der Waals surface area contributed by atoms with E-state index >= 15 is 0 Å². The molecule has 170 valence electrons. The molecule has 1 saturated heterocycles.